The summed E-state index contributed by atoms with van der Waals surface area (Å²) in [7, 11) is 0. The van der Waals surface area contributed by atoms with Crippen LogP contribution < -0.4 is 0 Å². The molecule has 0 aliphatic carbocycles. The number of rotatable bonds is 4. The quantitative estimate of drug-likeness (QED) is 0.552. The van der Waals surface area contributed by atoms with Gasteiger partial charge < -0.3 is 5.11 Å². The van der Waals surface area contributed by atoms with Gasteiger partial charge in [-0.25, -0.2) is 0 Å². The fourth-order valence-corrected chi connectivity index (χ4v) is 2.54. The Morgan fingerprint density at radius 3 is 2.18 bits per heavy atom. The van der Waals surface area contributed by atoms with Crippen LogP contribution in [0.1, 0.15) is 41.6 Å². The SMILES string of the molecule is [2H]C([2H])([2H])n1nccc1C(=O)c1ccccc1.[2H]C([2H])([2H])n1nccc1C(O)c1ccccc1. The summed E-state index contributed by atoms with van der Waals surface area (Å²) < 4.78 is 45.4. The molecule has 0 saturated heterocycles. The molecule has 6 heteroatoms. The molecule has 0 amide bonds. The Hall–Kier alpha value is -3.51. The molecule has 28 heavy (non-hydrogen) atoms. The lowest BCUT2D eigenvalue weighted by Gasteiger charge is -2.10. The van der Waals surface area contributed by atoms with E-state index < -0.39 is 20.1 Å². The van der Waals surface area contributed by atoms with Gasteiger partial charge in [-0.1, -0.05) is 60.7 Å². The maximum absolute atomic E-state index is 12.1. The van der Waals surface area contributed by atoms with E-state index in [1.165, 1.54) is 24.5 Å². The number of aliphatic hydroxyl groups is 1. The number of carbonyl (C=O) groups is 1. The fraction of sp³-hybridized carbons (Fsp3) is 0.136. The molecule has 4 aromatic rings. The van der Waals surface area contributed by atoms with E-state index in [9.17, 15) is 9.90 Å². The Labute approximate surface area is 172 Å². The number of aliphatic hydroxyl groups excluding tert-OH is 1. The summed E-state index contributed by atoms with van der Waals surface area (Å²) in [4.78, 5) is 12.1. The second-order valence-corrected chi connectivity index (χ2v) is 5.80. The van der Waals surface area contributed by atoms with E-state index in [-0.39, 0.29) is 17.2 Å². The van der Waals surface area contributed by atoms with Crippen LogP contribution >= 0.6 is 0 Å². The second-order valence-electron chi connectivity index (χ2n) is 5.80. The summed E-state index contributed by atoms with van der Waals surface area (Å²) >= 11 is 0. The van der Waals surface area contributed by atoms with Crippen molar-refractivity contribution in [2.24, 2.45) is 14.0 Å². The third kappa shape index (κ3) is 4.42. The van der Waals surface area contributed by atoms with Crippen LogP contribution in [0.15, 0.2) is 85.2 Å². The topological polar surface area (TPSA) is 72.9 Å². The number of nitrogens with zero attached hydrogens (tertiary/aromatic N) is 4. The second kappa shape index (κ2) is 8.92. The third-order valence-corrected chi connectivity index (χ3v) is 3.98. The van der Waals surface area contributed by atoms with Crippen LogP contribution in [-0.2, 0) is 14.0 Å². The van der Waals surface area contributed by atoms with Crippen molar-refractivity contribution in [3.8, 4) is 0 Å². The molecule has 6 nitrogen and oxygen atoms in total. The minimum atomic E-state index is -2.44. The first-order valence-corrected chi connectivity index (χ1v) is 8.42. The van der Waals surface area contributed by atoms with Gasteiger partial charge in [0.1, 0.15) is 11.8 Å². The van der Waals surface area contributed by atoms with Crippen LogP contribution in [0.4, 0.5) is 0 Å². The molecule has 1 N–H and O–H groups in total. The first-order chi connectivity index (χ1) is 16.0. The molecule has 2 heterocycles. The van der Waals surface area contributed by atoms with Crippen LogP contribution in [0.25, 0.3) is 0 Å². The Bertz CT molecular complexity index is 1220. The molecule has 1 atom stereocenters. The largest absolute Gasteiger partial charge is 0.382 e. The number of aromatic nitrogens is 4. The van der Waals surface area contributed by atoms with Gasteiger partial charge in [0.25, 0.3) is 0 Å². The van der Waals surface area contributed by atoms with Crippen LogP contribution in [-0.4, -0.2) is 30.5 Å². The molecule has 0 saturated carbocycles. The maximum atomic E-state index is 12.1. The number of carbonyl (C=O) groups excluding carboxylic acids is 1. The van der Waals surface area contributed by atoms with Crippen molar-refractivity contribution in [2.45, 2.75) is 6.10 Å². The van der Waals surface area contributed by atoms with Crippen molar-refractivity contribution in [3.63, 3.8) is 0 Å². The highest BCUT2D eigenvalue weighted by atomic mass is 16.3. The highest BCUT2D eigenvalue weighted by molar-refractivity contribution is 6.07. The van der Waals surface area contributed by atoms with Gasteiger partial charge in [0.05, 0.1) is 5.69 Å². The lowest BCUT2D eigenvalue weighted by Crippen LogP contribution is -2.07. The van der Waals surface area contributed by atoms with Gasteiger partial charge in [0.15, 0.2) is 0 Å². The van der Waals surface area contributed by atoms with Gasteiger partial charge in [0.2, 0.25) is 5.78 Å². The monoisotopic (exact) mass is 380 g/mol. The van der Waals surface area contributed by atoms with E-state index in [4.69, 9.17) is 8.22 Å². The van der Waals surface area contributed by atoms with Gasteiger partial charge in [-0.15, -0.1) is 0 Å². The lowest BCUT2D eigenvalue weighted by molar-refractivity contribution is 0.103. The van der Waals surface area contributed by atoms with Crippen molar-refractivity contribution < 1.29 is 18.1 Å². The molecule has 0 fully saturated rings. The van der Waals surface area contributed by atoms with Gasteiger partial charge in [-0.05, 0) is 17.7 Å². The zero-order chi connectivity index (χ0) is 24.9. The van der Waals surface area contributed by atoms with Crippen LogP contribution in [0.3, 0.4) is 0 Å². The standard InChI is InChI=1S/C11H12N2O.C11H10N2O/c2*1-13-10(7-8-12-13)11(14)9-5-3-2-4-6-9/h2-8,11,14H,1H3;2-8H,1H3/i2*1D3. The van der Waals surface area contributed by atoms with Crippen molar-refractivity contribution in [3.05, 3.63) is 108 Å². The van der Waals surface area contributed by atoms with Gasteiger partial charge in [0, 0.05) is 40.1 Å². The normalized spacial score (nSPS) is 15.5. The smallest absolute Gasteiger partial charge is 0.211 e. The molecule has 2 aromatic carbocycles. The van der Waals surface area contributed by atoms with Crippen molar-refractivity contribution >= 4 is 5.78 Å². The Morgan fingerprint density at radius 1 is 0.893 bits per heavy atom. The van der Waals surface area contributed by atoms with Gasteiger partial charge >= 0.3 is 0 Å². The Balaban J connectivity index is 0.000000191. The molecule has 4 rings (SSSR count). The number of hydrogen-bond donors (Lipinski definition) is 1. The van der Waals surface area contributed by atoms with Gasteiger partial charge in [-0.3, -0.25) is 14.2 Å². The van der Waals surface area contributed by atoms with E-state index in [1.54, 1.807) is 54.6 Å². The van der Waals surface area contributed by atoms with E-state index in [0.717, 1.165) is 9.36 Å². The summed E-state index contributed by atoms with van der Waals surface area (Å²) in [5.41, 5.74) is 1.41. The molecular formula is C22H22N4O2. The van der Waals surface area contributed by atoms with Crippen LogP contribution in [0.5, 0.6) is 0 Å². The summed E-state index contributed by atoms with van der Waals surface area (Å²) in [5, 5.41) is 17.5. The highest BCUT2D eigenvalue weighted by Crippen LogP contribution is 2.20. The first kappa shape index (κ1) is 12.8. The molecule has 0 aliphatic heterocycles. The molecule has 142 valence electrons. The Kier molecular flexibility index (Phi) is 4.08. The summed E-state index contributed by atoms with van der Waals surface area (Å²) in [6.07, 6.45) is 1.69. The van der Waals surface area contributed by atoms with E-state index >= 15 is 0 Å². The highest BCUT2D eigenvalue weighted by Gasteiger charge is 2.13. The van der Waals surface area contributed by atoms with E-state index in [0.29, 0.717) is 11.1 Å². The molecule has 0 radical (unpaired) electrons. The first-order valence-electron chi connectivity index (χ1n) is 11.4. The minimum absolute atomic E-state index is 0.0659. The number of aryl methyl sites for hydroxylation is 2. The molecular weight excluding hydrogens is 352 g/mol. The average Bonchev–Trinajstić information content (AvgIpc) is 3.49. The summed E-state index contributed by atoms with van der Waals surface area (Å²) in [5.74, 6) is -0.348. The predicted octanol–water partition coefficient (Wildman–Crippen LogP) is 3.15. The van der Waals surface area contributed by atoms with E-state index in [2.05, 4.69) is 10.2 Å². The maximum Gasteiger partial charge on any atom is 0.211 e. The zero-order valence-corrected chi connectivity index (χ0v) is 14.8. The third-order valence-electron chi connectivity index (χ3n) is 3.98. The number of ketones is 1. The summed E-state index contributed by atoms with van der Waals surface area (Å²) in [6, 6.07) is 20.3. The minimum Gasteiger partial charge on any atom is -0.382 e. The molecule has 0 spiro atoms. The lowest BCUT2D eigenvalue weighted by atomic mass is 10.1. The zero-order valence-electron chi connectivity index (χ0n) is 20.8. The molecule has 1 unspecified atom stereocenters. The van der Waals surface area contributed by atoms with Crippen LogP contribution in [0.2, 0.25) is 0 Å². The number of hydrogen-bond acceptors (Lipinski definition) is 4. The van der Waals surface area contributed by atoms with Crippen LogP contribution in [0, 0.1) is 0 Å². The fourth-order valence-electron chi connectivity index (χ4n) is 2.54. The summed E-state index contributed by atoms with van der Waals surface area (Å²) in [6.45, 7) is -4.82. The van der Waals surface area contributed by atoms with E-state index in [1.807, 2.05) is 6.07 Å². The molecule has 0 aliphatic rings. The average molecular weight is 380 g/mol. The Morgan fingerprint density at radius 2 is 1.50 bits per heavy atom. The molecule has 2 aromatic heterocycles. The van der Waals surface area contributed by atoms with Crippen molar-refractivity contribution in [2.75, 3.05) is 0 Å². The van der Waals surface area contributed by atoms with Crippen molar-refractivity contribution in [1.29, 1.82) is 0 Å². The van der Waals surface area contributed by atoms with Crippen molar-refractivity contribution in [1.82, 2.24) is 19.6 Å². The van der Waals surface area contributed by atoms with Gasteiger partial charge in [-0.2, -0.15) is 10.2 Å². The number of benzene rings is 2. The predicted molar refractivity (Wildman–Crippen MR) is 107 cm³/mol. The molecule has 0 bridgehead atoms.